The van der Waals surface area contributed by atoms with Crippen molar-refractivity contribution in [2.75, 3.05) is 38.2 Å². The third kappa shape index (κ3) is 3.36. The Morgan fingerprint density at radius 1 is 1.21 bits per heavy atom. The maximum Gasteiger partial charge on any atom is 0.232 e. The summed E-state index contributed by atoms with van der Waals surface area (Å²) >= 11 is 3.37. The molecule has 0 unspecified atom stereocenters. The number of ether oxygens (including phenoxy) is 1. The second-order valence-corrected chi connectivity index (χ2v) is 6.53. The number of nitrogens with zero attached hydrogens (tertiary/aromatic N) is 4. The minimum Gasteiger partial charge on any atom is -0.480 e. The molecule has 0 aliphatic carbocycles. The van der Waals surface area contributed by atoms with Crippen LogP contribution in [0.3, 0.4) is 0 Å². The number of rotatable bonds is 2. The molecule has 0 amide bonds. The van der Waals surface area contributed by atoms with E-state index in [0.717, 1.165) is 36.6 Å². The maximum absolute atomic E-state index is 5.22. The van der Waals surface area contributed by atoms with Gasteiger partial charge in [0.05, 0.1) is 17.8 Å². The smallest absolute Gasteiger partial charge is 0.232 e. The van der Waals surface area contributed by atoms with E-state index in [2.05, 4.69) is 56.5 Å². The van der Waals surface area contributed by atoms with Crippen LogP contribution in [0, 0.1) is 0 Å². The van der Waals surface area contributed by atoms with Crippen LogP contribution >= 0.6 is 15.9 Å². The normalized spacial score (nSPS) is 17.6. The lowest BCUT2D eigenvalue weighted by atomic mass is 10.1. The van der Waals surface area contributed by atoms with Gasteiger partial charge in [0.1, 0.15) is 0 Å². The average Bonchev–Trinajstić information content (AvgIpc) is 2.38. The van der Waals surface area contributed by atoms with E-state index >= 15 is 0 Å². The van der Waals surface area contributed by atoms with Gasteiger partial charge in [-0.1, -0.05) is 0 Å². The first-order valence-electron chi connectivity index (χ1n) is 6.48. The highest BCUT2D eigenvalue weighted by molar-refractivity contribution is 9.10. The first-order valence-corrected chi connectivity index (χ1v) is 7.27. The van der Waals surface area contributed by atoms with Crippen LogP contribution in [0.25, 0.3) is 0 Å². The zero-order valence-electron chi connectivity index (χ0n) is 12.0. The van der Waals surface area contributed by atoms with Crippen LogP contribution in [0.5, 0.6) is 5.88 Å². The van der Waals surface area contributed by atoms with Gasteiger partial charge in [-0.15, -0.1) is 0 Å². The number of hydrogen-bond acceptors (Lipinski definition) is 5. The van der Waals surface area contributed by atoms with Gasteiger partial charge in [0.2, 0.25) is 11.8 Å². The average molecular weight is 329 g/mol. The quantitative estimate of drug-likeness (QED) is 0.832. The molecule has 0 N–H and O–H groups in total. The van der Waals surface area contributed by atoms with Crippen LogP contribution in [0.15, 0.2) is 10.7 Å². The minimum absolute atomic E-state index is 0.227. The zero-order valence-corrected chi connectivity index (χ0v) is 13.6. The van der Waals surface area contributed by atoms with E-state index in [-0.39, 0.29) is 5.54 Å². The van der Waals surface area contributed by atoms with Crippen LogP contribution in [0.2, 0.25) is 0 Å². The molecule has 0 atom stereocenters. The topological polar surface area (TPSA) is 41.5 Å². The van der Waals surface area contributed by atoms with Gasteiger partial charge < -0.3 is 9.64 Å². The third-order valence-electron chi connectivity index (χ3n) is 3.40. The Hall–Kier alpha value is -0.880. The fraction of sp³-hybridized carbons (Fsp3) is 0.692. The predicted molar refractivity (Wildman–Crippen MR) is 79.8 cm³/mol. The highest BCUT2D eigenvalue weighted by Crippen LogP contribution is 2.24. The fourth-order valence-electron chi connectivity index (χ4n) is 2.22. The number of aromatic nitrogens is 2. The van der Waals surface area contributed by atoms with E-state index in [1.165, 1.54) is 0 Å². The molecule has 1 saturated heterocycles. The molecule has 19 heavy (non-hydrogen) atoms. The minimum atomic E-state index is 0.227. The van der Waals surface area contributed by atoms with E-state index < -0.39 is 0 Å². The van der Waals surface area contributed by atoms with Crippen LogP contribution < -0.4 is 9.64 Å². The molecule has 1 aromatic rings. The molecule has 0 saturated carbocycles. The Labute approximate surface area is 123 Å². The Kier molecular flexibility index (Phi) is 4.30. The lowest BCUT2D eigenvalue weighted by Crippen LogP contribution is -2.53. The van der Waals surface area contributed by atoms with Gasteiger partial charge in [-0.3, -0.25) is 4.90 Å². The lowest BCUT2D eigenvalue weighted by molar-refractivity contribution is 0.128. The number of piperazine rings is 1. The van der Waals surface area contributed by atoms with Gasteiger partial charge >= 0.3 is 0 Å². The molecule has 0 radical (unpaired) electrons. The standard InChI is InChI=1S/C13H21BrN4O/c1-13(2,3)18-7-5-17(6-8-18)12-15-9-10(14)11(16-12)19-4/h9H,5-8H2,1-4H3. The van der Waals surface area contributed by atoms with Crippen molar-refractivity contribution in [3.05, 3.63) is 10.7 Å². The van der Waals surface area contributed by atoms with E-state index in [1.807, 2.05) is 0 Å². The van der Waals surface area contributed by atoms with E-state index in [1.54, 1.807) is 13.3 Å². The second kappa shape index (κ2) is 5.63. The SMILES string of the molecule is COc1nc(N2CCN(C(C)(C)C)CC2)ncc1Br. The van der Waals surface area contributed by atoms with Gasteiger partial charge in [-0.2, -0.15) is 4.98 Å². The second-order valence-electron chi connectivity index (χ2n) is 5.67. The van der Waals surface area contributed by atoms with Crippen LogP contribution in [0.4, 0.5) is 5.95 Å². The molecule has 6 heteroatoms. The molecule has 2 heterocycles. The molecule has 1 aromatic heterocycles. The van der Waals surface area contributed by atoms with E-state index in [4.69, 9.17) is 4.74 Å². The number of hydrogen-bond donors (Lipinski definition) is 0. The summed E-state index contributed by atoms with van der Waals surface area (Å²) in [4.78, 5) is 13.5. The lowest BCUT2D eigenvalue weighted by Gasteiger charge is -2.42. The van der Waals surface area contributed by atoms with Crippen molar-refractivity contribution >= 4 is 21.9 Å². The van der Waals surface area contributed by atoms with Crippen molar-refractivity contribution in [1.82, 2.24) is 14.9 Å². The third-order valence-corrected chi connectivity index (χ3v) is 3.95. The Balaban J connectivity index is 2.05. The Morgan fingerprint density at radius 2 is 1.84 bits per heavy atom. The molecule has 1 aliphatic heterocycles. The molecule has 2 rings (SSSR count). The molecule has 0 aromatic carbocycles. The van der Waals surface area contributed by atoms with Crippen molar-refractivity contribution in [1.29, 1.82) is 0 Å². The Bertz CT molecular complexity index is 439. The van der Waals surface area contributed by atoms with Gasteiger partial charge in [-0.25, -0.2) is 4.98 Å². The fourth-order valence-corrected chi connectivity index (χ4v) is 2.57. The zero-order chi connectivity index (χ0) is 14.0. The van der Waals surface area contributed by atoms with Crippen molar-refractivity contribution in [3.8, 4) is 5.88 Å². The molecule has 0 bridgehead atoms. The van der Waals surface area contributed by atoms with Crippen LogP contribution in [0.1, 0.15) is 20.8 Å². The molecular weight excluding hydrogens is 308 g/mol. The largest absolute Gasteiger partial charge is 0.480 e. The molecule has 106 valence electrons. The molecule has 1 aliphatic rings. The summed E-state index contributed by atoms with van der Waals surface area (Å²) in [5.41, 5.74) is 0.227. The first-order chi connectivity index (χ1) is 8.91. The summed E-state index contributed by atoms with van der Waals surface area (Å²) in [6, 6.07) is 0. The summed E-state index contributed by atoms with van der Waals surface area (Å²) in [6.07, 6.45) is 1.75. The molecule has 1 fully saturated rings. The summed E-state index contributed by atoms with van der Waals surface area (Å²) in [7, 11) is 1.62. The monoisotopic (exact) mass is 328 g/mol. The number of anilines is 1. The maximum atomic E-state index is 5.22. The summed E-state index contributed by atoms with van der Waals surface area (Å²) in [6.45, 7) is 10.7. The predicted octanol–water partition coefficient (Wildman–Crippen LogP) is 2.17. The summed E-state index contributed by atoms with van der Waals surface area (Å²) in [5.74, 6) is 1.33. The summed E-state index contributed by atoms with van der Waals surface area (Å²) < 4.78 is 6.00. The van der Waals surface area contributed by atoms with Crippen molar-refractivity contribution in [3.63, 3.8) is 0 Å². The summed E-state index contributed by atoms with van der Waals surface area (Å²) in [5, 5.41) is 0. The van der Waals surface area contributed by atoms with Crippen molar-refractivity contribution in [2.24, 2.45) is 0 Å². The van der Waals surface area contributed by atoms with Gasteiger partial charge in [0.15, 0.2) is 0 Å². The highest BCUT2D eigenvalue weighted by atomic mass is 79.9. The van der Waals surface area contributed by atoms with E-state index in [9.17, 15) is 0 Å². The van der Waals surface area contributed by atoms with Crippen LogP contribution in [-0.2, 0) is 0 Å². The van der Waals surface area contributed by atoms with Gasteiger partial charge in [-0.05, 0) is 36.7 Å². The van der Waals surface area contributed by atoms with Crippen molar-refractivity contribution < 1.29 is 4.74 Å². The van der Waals surface area contributed by atoms with Gasteiger partial charge in [0.25, 0.3) is 0 Å². The van der Waals surface area contributed by atoms with Crippen LogP contribution in [-0.4, -0.2) is 53.7 Å². The Morgan fingerprint density at radius 3 is 2.37 bits per heavy atom. The van der Waals surface area contributed by atoms with Crippen molar-refractivity contribution in [2.45, 2.75) is 26.3 Å². The van der Waals surface area contributed by atoms with E-state index in [0.29, 0.717) is 5.88 Å². The first kappa shape index (κ1) is 14.5. The highest BCUT2D eigenvalue weighted by Gasteiger charge is 2.26. The number of methoxy groups -OCH3 is 1. The number of halogens is 1. The van der Waals surface area contributed by atoms with Gasteiger partial charge in [0, 0.05) is 31.7 Å². The molecular formula is C13H21BrN4O. The molecule has 0 spiro atoms. The molecule has 5 nitrogen and oxygen atoms in total.